The second-order valence-corrected chi connectivity index (χ2v) is 5.86. The maximum atomic E-state index is 12.2. The number of pyridine rings is 1. The van der Waals surface area contributed by atoms with E-state index in [-0.39, 0.29) is 5.75 Å². The molecule has 1 aromatic rings. The van der Waals surface area contributed by atoms with Crippen molar-refractivity contribution < 1.29 is 18.7 Å². The Morgan fingerprint density at radius 1 is 1.32 bits per heavy atom. The predicted molar refractivity (Wildman–Crippen MR) is 75.3 cm³/mol. The summed E-state index contributed by atoms with van der Waals surface area (Å²) in [5.41, 5.74) is 1.93. The molecule has 6 heteroatoms. The molecule has 0 spiro atoms. The Hall–Kier alpha value is -1.16. The van der Waals surface area contributed by atoms with Crippen molar-refractivity contribution in [3.63, 3.8) is 0 Å². The van der Waals surface area contributed by atoms with Crippen molar-refractivity contribution in [2.75, 3.05) is 13.2 Å². The van der Waals surface area contributed by atoms with Gasteiger partial charge in [0.05, 0.1) is 18.9 Å². The van der Waals surface area contributed by atoms with Crippen LogP contribution in [0.5, 0.6) is 5.75 Å². The van der Waals surface area contributed by atoms with Crippen LogP contribution in [0.4, 0.5) is 0 Å². The molecule has 0 fully saturated rings. The first-order chi connectivity index (χ1) is 8.93. The van der Waals surface area contributed by atoms with Gasteiger partial charge in [-0.3, -0.25) is 9.55 Å². The summed E-state index contributed by atoms with van der Waals surface area (Å²) in [6.07, 6.45) is 3.22. The van der Waals surface area contributed by atoms with Crippen molar-refractivity contribution in [2.45, 2.75) is 27.7 Å². The van der Waals surface area contributed by atoms with E-state index < -0.39 is 7.60 Å². The third-order valence-electron chi connectivity index (χ3n) is 2.58. The largest absolute Gasteiger partial charge is 0.506 e. The molecule has 0 unspecified atom stereocenters. The SMILES string of the molecule is CCOP(=O)(/C=C/c1cnc(C)c(O)c1C)OCC. The number of nitrogens with zero attached hydrogens (tertiary/aromatic N) is 1. The molecule has 19 heavy (non-hydrogen) atoms. The van der Waals surface area contributed by atoms with E-state index in [1.165, 1.54) is 5.82 Å². The molecule has 1 rings (SSSR count). The highest BCUT2D eigenvalue weighted by molar-refractivity contribution is 7.57. The number of hydrogen-bond acceptors (Lipinski definition) is 5. The predicted octanol–water partition coefficient (Wildman–Crippen LogP) is 3.64. The van der Waals surface area contributed by atoms with Crippen molar-refractivity contribution in [1.29, 1.82) is 0 Å². The molecular weight excluding hydrogens is 265 g/mol. The molecule has 0 saturated heterocycles. The molecule has 0 aromatic carbocycles. The van der Waals surface area contributed by atoms with E-state index in [2.05, 4.69) is 4.98 Å². The van der Waals surface area contributed by atoms with Crippen LogP contribution in [0.3, 0.4) is 0 Å². The summed E-state index contributed by atoms with van der Waals surface area (Å²) in [7, 11) is -3.22. The third-order valence-corrected chi connectivity index (χ3v) is 4.33. The van der Waals surface area contributed by atoms with Gasteiger partial charge in [0.25, 0.3) is 0 Å². The molecule has 0 aliphatic heterocycles. The molecule has 0 aliphatic rings. The number of aromatic nitrogens is 1. The molecule has 106 valence electrons. The summed E-state index contributed by atoms with van der Waals surface area (Å²) in [6.45, 7) is 7.61. The van der Waals surface area contributed by atoms with Crippen molar-refractivity contribution in [1.82, 2.24) is 4.98 Å². The summed E-state index contributed by atoms with van der Waals surface area (Å²) in [6, 6.07) is 0. The van der Waals surface area contributed by atoms with E-state index in [1.54, 1.807) is 40.0 Å². The van der Waals surface area contributed by atoms with E-state index in [9.17, 15) is 9.67 Å². The number of rotatable bonds is 6. The molecular formula is C13H20NO4P. The van der Waals surface area contributed by atoms with Gasteiger partial charge in [0.2, 0.25) is 0 Å². The van der Waals surface area contributed by atoms with Crippen LogP contribution < -0.4 is 0 Å². The van der Waals surface area contributed by atoms with Crippen LogP contribution in [0.15, 0.2) is 12.0 Å². The first-order valence-corrected chi connectivity index (χ1v) is 7.78. The molecule has 0 saturated carbocycles. The maximum Gasteiger partial charge on any atom is 0.354 e. The molecule has 0 bridgehead atoms. The van der Waals surface area contributed by atoms with Crippen LogP contribution >= 0.6 is 7.60 Å². The lowest BCUT2D eigenvalue weighted by Gasteiger charge is -2.13. The Bertz CT molecular complexity index is 504. The van der Waals surface area contributed by atoms with Gasteiger partial charge in [0.15, 0.2) is 0 Å². The lowest BCUT2D eigenvalue weighted by molar-refractivity contribution is 0.229. The van der Waals surface area contributed by atoms with Crippen LogP contribution in [-0.2, 0) is 13.6 Å². The van der Waals surface area contributed by atoms with E-state index in [0.29, 0.717) is 30.0 Å². The highest BCUT2D eigenvalue weighted by Gasteiger charge is 2.19. The Labute approximate surface area is 113 Å². The minimum atomic E-state index is -3.22. The maximum absolute atomic E-state index is 12.2. The van der Waals surface area contributed by atoms with E-state index in [0.717, 1.165) is 0 Å². The topological polar surface area (TPSA) is 68.7 Å². The molecule has 0 atom stereocenters. The van der Waals surface area contributed by atoms with E-state index in [1.807, 2.05) is 0 Å². The smallest absolute Gasteiger partial charge is 0.354 e. The van der Waals surface area contributed by atoms with Gasteiger partial charge in [0, 0.05) is 17.6 Å². The fourth-order valence-corrected chi connectivity index (χ4v) is 2.86. The van der Waals surface area contributed by atoms with E-state index in [4.69, 9.17) is 9.05 Å². The Balaban J connectivity index is 3.03. The minimum Gasteiger partial charge on any atom is -0.506 e. The van der Waals surface area contributed by atoms with Crippen LogP contribution in [0.25, 0.3) is 6.08 Å². The van der Waals surface area contributed by atoms with Gasteiger partial charge < -0.3 is 14.2 Å². The fraction of sp³-hybridized carbons (Fsp3) is 0.462. The molecule has 5 nitrogen and oxygen atoms in total. The van der Waals surface area contributed by atoms with Crippen LogP contribution in [-0.4, -0.2) is 23.3 Å². The van der Waals surface area contributed by atoms with Gasteiger partial charge in [-0.05, 0) is 39.3 Å². The zero-order chi connectivity index (χ0) is 14.5. The Morgan fingerprint density at radius 3 is 2.42 bits per heavy atom. The van der Waals surface area contributed by atoms with E-state index >= 15 is 0 Å². The number of aryl methyl sites for hydroxylation is 1. The summed E-state index contributed by atoms with van der Waals surface area (Å²) >= 11 is 0. The average Bonchev–Trinajstić information content (AvgIpc) is 2.36. The number of hydrogen-bond donors (Lipinski definition) is 1. The highest BCUT2D eigenvalue weighted by Crippen LogP contribution is 2.50. The summed E-state index contributed by atoms with van der Waals surface area (Å²) in [5.74, 6) is 1.54. The van der Waals surface area contributed by atoms with Crippen LogP contribution in [0.2, 0.25) is 0 Å². The average molecular weight is 285 g/mol. The second kappa shape index (κ2) is 6.85. The van der Waals surface area contributed by atoms with Gasteiger partial charge >= 0.3 is 7.60 Å². The number of aromatic hydroxyl groups is 1. The van der Waals surface area contributed by atoms with Crippen molar-refractivity contribution in [3.05, 3.63) is 28.8 Å². The first kappa shape index (κ1) is 15.9. The van der Waals surface area contributed by atoms with Crippen molar-refractivity contribution in [3.8, 4) is 5.75 Å². The van der Waals surface area contributed by atoms with Gasteiger partial charge in [-0.25, -0.2) is 0 Å². The summed E-state index contributed by atoms with van der Waals surface area (Å²) in [5, 5.41) is 9.80. The molecule has 0 amide bonds. The molecule has 1 aromatic heterocycles. The van der Waals surface area contributed by atoms with Gasteiger partial charge in [-0.2, -0.15) is 0 Å². The quantitative estimate of drug-likeness (QED) is 0.808. The molecule has 1 heterocycles. The second-order valence-electron chi connectivity index (χ2n) is 3.96. The van der Waals surface area contributed by atoms with Crippen LogP contribution in [0, 0.1) is 13.8 Å². The minimum absolute atomic E-state index is 0.143. The van der Waals surface area contributed by atoms with Gasteiger partial charge in [-0.1, -0.05) is 0 Å². The van der Waals surface area contributed by atoms with Crippen LogP contribution in [0.1, 0.15) is 30.7 Å². The molecule has 0 radical (unpaired) electrons. The molecule has 0 aliphatic carbocycles. The monoisotopic (exact) mass is 285 g/mol. The Kier molecular flexibility index (Phi) is 5.73. The standard InChI is InChI=1S/C13H20NO4P/c1-5-17-19(16,18-6-2)8-7-12-9-14-11(4)13(15)10(12)3/h7-9,15H,5-6H2,1-4H3/b8-7+. The zero-order valence-electron chi connectivity index (χ0n) is 11.7. The summed E-state index contributed by atoms with van der Waals surface area (Å²) in [4.78, 5) is 4.06. The van der Waals surface area contributed by atoms with Gasteiger partial charge in [-0.15, -0.1) is 0 Å². The molecule has 1 N–H and O–H groups in total. The third kappa shape index (κ3) is 4.16. The zero-order valence-corrected chi connectivity index (χ0v) is 12.6. The first-order valence-electron chi connectivity index (χ1n) is 6.16. The lowest BCUT2D eigenvalue weighted by Crippen LogP contribution is -1.93. The fourth-order valence-electron chi connectivity index (χ4n) is 1.56. The van der Waals surface area contributed by atoms with Crippen molar-refractivity contribution in [2.24, 2.45) is 0 Å². The lowest BCUT2D eigenvalue weighted by atomic mass is 10.1. The highest BCUT2D eigenvalue weighted by atomic mass is 31.2. The van der Waals surface area contributed by atoms with Gasteiger partial charge in [0.1, 0.15) is 5.75 Å². The van der Waals surface area contributed by atoms with Crippen molar-refractivity contribution >= 4 is 13.7 Å². The summed E-state index contributed by atoms with van der Waals surface area (Å²) < 4.78 is 22.5. The Morgan fingerprint density at radius 2 is 1.89 bits per heavy atom. The normalized spacial score (nSPS) is 12.2.